The Morgan fingerprint density at radius 3 is 2.47 bits per heavy atom. The fourth-order valence-corrected chi connectivity index (χ4v) is 2.52. The predicted molar refractivity (Wildman–Crippen MR) is 63.9 cm³/mol. The van der Waals surface area contributed by atoms with Crippen molar-refractivity contribution in [3.63, 3.8) is 0 Å². The van der Waals surface area contributed by atoms with E-state index < -0.39 is 20.8 Å². The molecule has 0 heterocycles. The van der Waals surface area contributed by atoms with Crippen LogP contribution in [-0.2, 0) is 20.8 Å². The van der Waals surface area contributed by atoms with Gasteiger partial charge in [-0.05, 0) is 13.0 Å². The summed E-state index contributed by atoms with van der Waals surface area (Å²) in [5.41, 5.74) is 0. The van der Waals surface area contributed by atoms with Gasteiger partial charge >= 0.3 is 0 Å². The van der Waals surface area contributed by atoms with Gasteiger partial charge in [-0.15, -0.1) is 0 Å². The van der Waals surface area contributed by atoms with Gasteiger partial charge in [0, 0.05) is 35.9 Å². The highest BCUT2D eigenvalue weighted by Gasteiger charge is 2.08. The van der Waals surface area contributed by atoms with Gasteiger partial charge in [0.25, 0.3) is 0 Å². The Hall–Kier alpha value is 0.0200. The summed E-state index contributed by atoms with van der Waals surface area (Å²) in [4.78, 5) is 0. The molecule has 0 aliphatic heterocycles. The van der Waals surface area contributed by atoms with Crippen molar-refractivity contribution in [3.05, 3.63) is 0 Å². The van der Waals surface area contributed by atoms with Gasteiger partial charge < -0.3 is 5.32 Å². The third-order valence-electron chi connectivity index (χ3n) is 1.73. The molecule has 0 aliphatic rings. The third kappa shape index (κ3) is 10.3. The second kappa shape index (κ2) is 8.20. The van der Waals surface area contributed by atoms with Crippen LogP contribution in [0.2, 0.25) is 0 Å². The summed E-state index contributed by atoms with van der Waals surface area (Å²) in [5.74, 6) is 0.631. The molecule has 0 aromatic rings. The minimum absolute atomic E-state index is 0.0933. The van der Waals surface area contributed by atoms with Crippen molar-refractivity contribution in [3.8, 4) is 0 Å². The van der Waals surface area contributed by atoms with Crippen LogP contribution in [0.4, 0.5) is 0 Å². The molecule has 5 nitrogen and oxygen atoms in total. The van der Waals surface area contributed by atoms with Crippen molar-refractivity contribution in [2.24, 2.45) is 0 Å². The van der Waals surface area contributed by atoms with Crippen molar-refractivity contribution in [1.82, 2.24) is 10.0 Å². The zero-order valence-corrected chi connectivity index (χ0v) is 10.9. The SMILES string of the molecule is CCNCCS(=O)(=O)NCCCS(C)=O. The van der Waals surface area contributed by atoms with Gasteiger partial charge in [-0.1, -0.05) is 6.92 Å². The molecule has 15 heavy (non-hydrogen) atoms. The second-order valence-electron chi connectivity index (χ2n) is 3.20. The van der Waals surface area contributed by atoms with Gasteiger partial charge in [-0.3, -0.25) is 4.21 Å². The smallest absolute Gasteiger partial charge is 0.212 e. The van der Waals surface area contributed by atoms with Gasteiger partial charge in [0.2, 0.25) is 10.0 Å². The first-order valence-electron chi connectivity index (χ1n) is 4.96. The van der Waals surface area contributed by atoms with Gasteiger partial charge in [0.1, 0.15) is 0 Å². The van der Waals surface area contributed by atoms with Crippen LogP contribution >= 0.6 is 0 Å². The fraction of sp³-hybridized carbons (Fsp3) is 1.00. The van der Waals surface area contributed by atoms with Crippen molar-refractivity contribution in [2.75, 3.05) is 37.4 Å². The molecule has 1 atom stereocenters. The van der Waals surface area contributed by atoms with Gasteiger partial charge in [0.15, 0.2) is 0 Å². The number of hydrogen-bond acceptors (Lipinski definition) is 4. The molecule has 0 spiro atoms. The number of sulfonamides is 1. The monoisotopic (exact) mass is 256 g/mol. The van der Waals surface area contributed by atoms with Crippen molar-refractivity contribution >= 4 is 20.8 Å². The first-order valence-corrected chi connectivity index (χ1v) is 8.34. The zero-order valence-electron chi connectivity index (χ0n) is 9.28. The normalized spacial score (nSPS) is 14.0. The van der Waals surface area contributed by atoms with Crippen LogP contribution in [-0.4, -0.2) is 50.0 Å². The maximum absolute atomic E-state index is 11.3. The molecule has 0 rings (SSSR count). The summed E-state index contributed by atoms with van der Waals surface area (Å²) in [5, 5.41) is 2.95. The molecule has 0 aliphatic carbocycles. The molecule has 0 radical (unpaired) electrons. The minimum atomic E-state index is -3.16. The lowest BCUT2D eigenvalue weighted by Gasteiger charge is -2.06. The van der Waals surface area contributed by atoms with Gasteiger partial charge in [0.05, 0.1) is 5.75 Å². The molecule has 0 saturated carbocycles. The molecule has 2 N–H and O–H groups in total. The highest BCUT2D eigenvalue weighted by Crippen LogP contribution is 1.86. The van der Waals surface area contributed by atoms with Crippen molar-refractivity contribution in [2.45, 2.75) is 13.3 Å². The summed E-state index contributed by atoms with van der Waals surface area (Å²) in [6.45, 7) is 3.53. The highest BCUT2D eigenvalue weighted by molar-refractivity contribution is 7.89. The van der Waals surface area contributed by atoms with E-state index in [1.165, 1.54) is 0 Å². The average molecular weight is 256 g/mol. The summed E-state index contributed by atoms with van der Waals surface area (Å²) in [6.07, 6.45) is 2.23. The lowest BCUT2D eigenvalue weighted by molar-refractivity contribution is 0.577. The quantitative estimate of drug-likeness (QED) is 0.534. The zero-order chi connectivity index (χ0) is 11.7. The second-order valence-corrected chi connectivity index (χ2v) is 6.68. The number of nitrogens with one attached hydrogen (secondary N) is 2. The molecule has 7 heteroatoms. The van der Waals surface area contributed by atoms with Crippen LogP contribution in [0.25, 0.3) is 0 Å². The lowest BCUT2D eigenvalue weighted by Crippen LogP contribution is -2.32. The van der Waals surface area contributed by atoms with E-state index in [4.69, 9.17) is 0 Å². The summed E-state index contributed by atoms with van der Waals surface area (Å²) >= 11 is 0. The van der Waals surface area contributed by atoms with E-state index in [9.17, 15) is 12.6 Å². The Kier molecular flexibility index (Phi) is 8.22. The van der Waals surface area contributed by atoms with Crippen LogP contribution < -0.4 is 10.0 Å². The van der Waals surface area contributed by atoms with E-state index in [2.05, 4.69) is 10.0 Å². The van der Waals surface area contributed by atoms with Crippen LogP contribution in [0, 0.1) is 0 Å². The Morgan fingerprint density at radius 2 is 1.93 bits per heavy atom. The molecule has 0 fully saturated rings. The Labute approximate surface area is 94.5 Å². The van der Waals surface area contributed by atoms with Gasteiger partial charge in [-0.2, -0.15) is 0 Å². The maximum atomic E-state index is 11.3. The molecule has 0 saturated heterocycles. The average Bonchev–Trinajstić information content (AvgIpc) is 2.13. The topological polar surface area (TPSA) is 75.3 Å². The van der Waals surface area contributed by atoms with Crippen LogP contribution in [0.5, 0.6) is 0 Å². The highest BCUT2D eigenvalue weighted by atomic mass is 32.2. The van der Waals surface area contributed by atoms with E-state index in [1.807, 2.05) is 6.92 Å². The molecule has 92 valence electrons. The van der Waals surface area contributed by atoms with Gasteiger partial charge in [-0.25, -0.2) is 13.1 Å². The Morgan fingerprint density at radius 1 is 1.27 bits per heavy atom. The summed E-state index contributed by atoms with van der Waals surface area (Å²) in [7, 11) is -4.01. The van der Waals surface area contributed by atoms with E-state index in [0.29, 0.717) is 25.3 Å². The first kappa shape index (κ1) is 15.0. The predicted octanol–water partition coefficient (Wildman–Crippen LogP) is -0.716. The van der Waals surface area contributed by atoms with Crippen LogP contribution in [0.1, 0.15) is 13.3 Å². The van der Waals surface area contributed by atoms with E-state index in [0.717, 1.165) is 6.54 Å². The number of hydrogen-bond donors (Lipinski definition) is 2. The largest absolute Gasteiger partial charge is 0.316 e. The van der Waals surface area contributed by atoms with E-state index in [-0.39, 0.29) is 5.75 Å². The molecular formula is C8H20N2O3S2. The molecule has 0 amide bonds. The Balaban J connectivity index is 3.60. The lowest BCUT2D eigenvalue weighted by atomic mass is 10.5. The summed E-state index contributed by atoms with van der Waals surface area (Å²) in [6, 6.07) is 0. The Bertz CT molecular complexity index is 278. The molecular weight excluding hydrogens is 236 g/mol. The third-order valence-corrected chi connectivity index (χ3v) is 3.98. The molecule has 1 unspecified atom stereocenters. The first-order chi connectivity index (χ1) is 6.98. The van der Waals surface area contributed by atoms with Crippen molar-refractivity contribution < 1.29 is 12.6 Å². The summed E-state index contributed by atoms with van der Waals surface area (Å²) < 4.78 is 35.8. The molecule has 0 aromatic heterocycles. The maximum Gasteiger partial charge on any atom is 0.212 e. The minimum Gasteiger partial charge on any atom is -0.316 e. The van der Waals surface area contributed by atoms with E-state index >= 15 is 0 Å². The van der Waals surface area contributed by atoms with E-state index in [1.54, 1.807) is 6.26 Å². The van der Waals surface area contributed by atoms with Crippen LogP contribution in [0.15, 0.2) is 0 Å². The molecule has 0 bridgehead atoms. The molecule has 0 aromatic carbocycles. The van der Waals surface area contributed by atoms with Crippen LogP contribution in [0.3, 0.4) is 0 Å². The standard InChI is InChI=1S/C8H20N2O3S2/c1-3-9-6-8-15(12,13)10-5-4-7-14(2)11/h9-10H,3-8H2,1-2H3. The van der Waals surface area contributed by atoms with Crippen molar-refractivity contribution in [1.29, 1.82) is 0 Å². The fourth-order valence-electron chi connectivity index (χ4n) is 0.959. The number of rotatable bonds is 9.